The van der Waals surface area contributed by atoms with E-state index in [9.17, 15) is 19.6 Å². The zero-order valence-electron chi connectivity index (χ0n) is 27.2. The third-order valence-corrected chi connectivity index (χ3v) is 14.1. The Morgan fingerprint density at radius 2 is 1.58 bits per heavy atom. The maximum Gasteiger partial charge on any atom is 0.312 e. The summed E-state index contributed by atoms with van der Waals surface area (Å²) in [5.41, 5.74) is -0.866. The van der Waals surface area contributed by atoms with Crippen molar-refractivity contribution < 1.29 is 19.1 Å². The molecule has 5 aliphatic carbocycles. The number of nitriles is 1. The van der Waals surface area contributed by atoms with Crippen LogP contribution in [0.1, 0.15) is 105 Å². The molecule has 0 bridgehead atoms. The Kier molecular flexibility index (Phi) is 6.78. The van der Waals surface area contributed by atoms with Gasteiger partial charge in [-0.2, -0.15) is 5.26 Å². The molecule has 43 heavy (non-hydrogen) atoms. The van der Waals surface area contributed by atoms with Gasteiger partial charge in [-0.25, -0.2) is 0 Å². The maximum absolute atomic E-state index is 14.7. The number of rotatable bonds is 3. The molecule has 5 nitrogen and oxygen atoms in total. The van der Waals surface area contributed by atoms with Crippen LogP contribution in [0, 0.1) is 67.5 Å². The second kappa shape index (κ2) is 9.63. The van der Waals surface area contributed by atoms with E-state index in [1.807, 2.05) is 50.3 Å². The Balaban J connectivity index is 1.40. The van der Waals surface area contributed by atoms with Crippen LogP contribution in [0.5, 0.6) is 0 Å². The molecule has 0 amide bonds. The van der Waals surface area contributed by atoms with Crippen LogP contribution in [-0.4, -0.2) is 17.5 Å². The van der Waals surface area contributed by atoms with Gasteiger partial charge in [0.05, 0.1) is 11.0 Å². The van der Waals surface area contributed by atoms with Crippen LogP contribution in [0.4, 0.5) is 0 Å². The van der Waals surface area contributed by atoms with Crippen molar-refractivity contribution in [2.75, 3.05) is 0 Å². The lowest BCUT2D eigenvalue weighted by Gasteiger charge is -2.71. The number of carbonyl (C=O) groups excluding carboxylic acids is 3. The molecule has 0 radical (unpaired) electrons. The highest BCUT2D eigenvalue weighted by Gasteiger charge is 2.73. The quantitative estimate of drug-likeness (QED) is 0.336. The predicted molar refractivity (Wildman–Crippen MR) is 165 cm³/mol. The molecule has 4 unspecified atom stereocenters. The minimum absolute atomic E-state index is 0.0392. The fourth-order valence-corrected chi connectivity index (χ4v) is 11.5. The molecule has 1 aromatic carbocycles. The minimum Gasteiger partial charge on any atom is -0.460 e. The van der Waals surface area contributed by atoms with Gasteiger partial charge in [0.1, 0.15) is 18.5 Å². The lowest BCUT2D eigenvalue weighted by molar-refractivity contribution is -0.227. The number of hydrogen-bond acceptors (Lipinski definition) is 5. The highest BCUT2D eigenvalue weighted by molar-refractivity contribution is 6.04. The first kappa shape index (κ1) is 30.3. The maximum atomic E-state index is 14.7. The molecule has 0 heterocycles. The van der Waals surface area contributed by atoms with Gasteiger partial charge in [0.2, 0.25) is 0 Å². The number of benzene rings is 1. The summed E-state index contributed by atoms with van der Waals surface area (Å²) in [4.78, 5) is 42.3. The van der Waals surface area contributed by atoms with Crippen molar-refractivity contribution in [1.29, 1.82) is 5.26 Å². The van der Waals surface area contributed by atoms with E-state index in [2.05, 4.69) is 40.7 Å². The fourth-order valence-electron chi connectivity index (χ4n) is 11.5. The number of fused-ring (bicyclic) bond motifs is 7. The van der Waals surface area contributed by atoms with Gasteiger partial charge in [-0.3, -0.25) is 14.4 Å². The summed E-state index contributed by atoms with van der Waals surface area (Å²) >= 11 is 0. The second-order valence-electron chi connectivity index (χ2n) is 16.9. The Bertz CT molecular complexity index is 1430. The molecule has 4 fully saturated rings. The van der Waals surface area contributed by atoms with Gasteiger partial charge in [0.25, 0.3) is 0 Å². The third-order valence-electron chi connectivity index (χ3n) is 14.1. The van der Waals surface area contributed by atoms with E-state index < -0.39 is 16.2 Å². The predicted octanol–water partition coefficient (Wildman–Crippen LogP) is 8.03. The van der Waals surface area contributed by atoms with Crippen LogP contribution in [0.15, 0.2) is 42.0 Å². The van der Waals surface area contributed by atoms with Gasteiger partial charge in [-0.1, -0.05) is 84.9 Å². The van der Waals surface area contributed by atoms with Crippen molar-refractivity contribution >= 4 is 17.5 Å². The molecular formula is C38H49NO4. The molecule has 0 saturated heterocycles. The van der Waals surface area contributed by atoms with Crippen molar-refractivity contribution in [3.05, 3.63) is 47.5 Å². The van der Waals surface area contributed by atoms with Crippen LogP contribution in [0.3, 0.4) is 0 Å². The number of hydrogen-bond donors (Lipinski definition) is 0. The topological polar surface area (TPSA) is 84.2 Å². The van der Waals surface area contributed by atoms with E-state index in [-0.39, 0.29) is 69.6 Å². The number of ketones is 2. The Morgan fingerprint density at radius 1 is 0.907 bits per heavy atom. The SMILES string of the molecule is CC1(C)CC[C@]2(C(=O)OCc3ccccc3)CC[C@]3(C)C(C(=O)CC4[C@@]5(C)C=C(C#N)C(=O)C(C)(C)C5CC[C@]43C)C2C1. The molecular weight excluding hydrogens is 534 g/mol. The van der Waals surface area contributed by atoms with Crippen LogP contribution >= 0.6 is 0 Å². The standard InChI is InChI=1S/C38H49NO4/c1-33(2)15-17-38(32(42)43-23-24-11-9-8-10-12-24)18-16-37(7)30(26(38)21-33)27(40)19-29-35(5)20-25(22-39)31(41)34(3,4)28(35)13-14-36(29,37)6/h8-12,20,26,28-30H,13-19,21,23H2,1-7H3/t26?,28?,29?,30?,35-,36+,37+,38-/m0/s1. The van der Waals surface area contributed by atoms with Crippen molar-refractivity contribution in [3.63, 3.8) is 0 Å². The number of allylic oxidation sites excluding steroid dienone is 2. The zero-order valence-corrected chi connectivity index (χ0v) is 27.2. The summed E-state index contributed by atoms with van der Waals surface area (Å²) in [6, 6.07) is 12.1. The monoisotopic (exact) mass is 583 g/mol. The smallest absolute Gasteiger partial charge is 0.312 e. The van der Waals surface area contributed by atoms with Crippen LogP contribution in [-0.2, 0) is 25.7 Å². The summed E-state index contributed by atoms with van der Waals surface area (Å²) in [6.45, 7) is 15.8. The molecule has 5 aliphatic rings. The van der Waals surface area contributed by atoms with E-state index in [0.717, 1.165) is 50.5 Å². The van der Waals surface area contributed by atoms with E-state index in [1.54, 1.807) is 0 Å². The first-order chi connectivity index (χ1) is 20.1. The second-order valence-corrected chi connectivity index (χ2v) is 16.9. The van der Waals surface area contributed by atoms with E-state index >= 15 is 0 Å². The summed E-state index contributed by atoms with van der Waals surface area (Å²) < 4.78 is 6.10. The van der Waals surface area contributed by atoms with Crippen molar-refractivity contribution in [2.24, 2.45) is 56.2 Å². The molecule has 0 N–H and O–H groups in total. The molecule has 5 heteroatoms. The highest BCUT2D eigenvalue weighted by atomic mass is 16.5. The molecule has 230 valence electrons. The van der Waals surface area contributed by atoms with E-state index in [0.29, 0.717) is 6.42 Å². The van der Waals surface area contributed by atoms with Crippen LogP contribution in [0.25, 0.3) is 0 Å². The van der Waals surface area contributed by atoms with Gasteiger partial charge >= 0.3 is 5.97 Å². The summed E-state index contributed by atoms with van der Waals surface area (Å²) in [5, 5.41) is 9.97. The summed E-state index contributed by atoms with van der Waals surface area (Å²) in [6.07, 6.45) is 8.37. The van der Waals surface area contributed by atoms with Crippen LogP contribution in [0.2, 0.25) is 0 Å². The zero-order chi connectivity index (χ0) is 31.2. The molecule has 0 aromatic heterocycles. The van der Waals surface area contributed by atoms with Gasteiger partial charge < -0.3 is 4.74 Å². The third kappa shape index (κ3) is 4.10. The Morgan fingerprint density at radius 3 is 2.26 bits per heavy atom. The lowest BCUT2D eigenvalue weighted by atomic mass is 9.31. The minimum atomic E-state index is -0.645. The van der Waals surface area contributed by atoms with Gasteiger partial charge in [0, 0.05) is 17.8 Å². The van der Waals surface area contributed by atoms with Gasteiger partial charge in [0.15, 0.2) is 5.78 Å². The number of esters is 1. The Labute approximate surface area is 257 Å². The molecule has 4 saturated carbocycles. The molecule has 1 aromatic rings. The fraction of sp³-hybridized carbons (Fsp3) is 0.684. The number of Topliss-reactive ketones (excluding diaryl/α,β-unsaturated/α-hetero) is 2. The average Bonchev–Trinajstić information content (AvgIpc) is 2.95. The van der Waals surface area contributed by atoms with Crippen molar-refractivity contribution in [2.45, 2.75) is 106 Å². The number of nitrogens with zero attached hydrogens (tertiary/aromatic N) is 1. The summed E-state index contributed by atoms with van der Waals surface area (Å²) in [7, 11) is 0. The lowest BCUT2D eigenvalue weighted by Crippen LogP contribution is -2.69. The number of ether oxygens (including phenoxy) is 1. The van der Waals surface area contributed by atoms with Crippen molar-refractivity contribution in [3.8, 4) is 6.07 Å². The highest BCUT2D eigenvalue weighted by Crippen LogP contribution is 2.75. The normalized spacial score (nSPS) is 42.7. The van der Waals surface area contributed by atoms with Gasteiger partial charge in [-0.15, -0.1) is 0 Å². The van der Waals surface area contributed by atoms with Crippen LogP contribution < -0.4 is 0 Å². The number of carbonyl (C=O) groups is 3. The first-order valence-corrected chi connectivity index (χ1v) is 16.5. The molecule has 0 spiro atoms. The first-order valence-electron chi connectivity index (χ1n) is 16.5. The molecule has 8 atom stereocenters. The Hall–Kier alpha value is -2.74. The van der Waals surface area contributed by atoms with E-state index in [1.165, 1.54) is 0 Å². The molecule has 6 rings (SSSR count). The largest absolute Gasteiger partial charge is 0.460 e. The van der Waals surface area contributed by atoms with Gasteiger partial charge in [-0.05, 0) is 89.9 Å². The average molecular weight is 584 g/mol. The summed E-state index contributed by atoms with van der Waals surface area (Å²) in [5.74, 6) is -0.0434. The molecule has 0 aliphatic heterocycles. The van der Waals surface area contributed by atoms with Crippen molar-refractivity contribution in [1.82, 2.24) is 0 Å². The van der Waals surface area contributed by atoms with E-state index in [4.69, 9.17) is 4.74 Å².